The Morgan fingerprint density at radius 1 is 0.958 bits per heavy atom. The number of benzene rings is 1. The van der Waals surface area contributed by atoms with Gasteiger partial charge in [-0.05, 0) is 45.0 Å². The van der Waals surface area contributed by atoms with E-state index in [0.717, 1.165) is 25.9 Å². The van der Waals surface area contributed by atoms with Crippen molar-refractivity contribution in [3.8, 4) is 0 Å². The van der Waals surface area contributed by atoms with E-state index in [1.807, 2.05) is 6.92 Å². The molecule has 2 fully saturated rings. The number of carbonyl (C=O) groups is 1. The van der Waals surface area contributed by atoms with Gasteiger partial charge in [-0.3, -0.25) is 9.69 Å². The van der Waals surface area contributed by atoms with Crippen LogP contribution in [0.15, 0.2) is 35.2 Å². The summed E-state index contributed by atoms with van der Waals surface area (Å²) in [6, 6.07) is 8.37. The van der Waals surface area contributed by atoms with E-state index < -0.39 is 10.0 Å². The van der Waals surface area contributed by atoms with Crippen molar-refractivity contribution in [2.45, 2.75) is 30.7 Å². The maximum atomic E-state index is 12.6. The molecule has 1 amide bonds. The molecule has 0 N–H and O–H groups in total. The predicted octanol–water partition coefficient (Wildman–Crippen LogP) is 1.00. The number of sulfonamides is 1. The van der Waals surface area contributed by atoms with Gasteiger partial charge in [0.25, 0.3) is 0 Å². The molecule has 132 valence electrons. The summed E-state index contributed by atoms with van der Waals surface area (Å²) in [7, 11) is -3.46. The van der Waals surface area contributed by atoms with Crippen LogP contribution in [0.3, 0.4) is 0 Å². The average molecular weight is 351 g/mol. The maximum absolute atomic E-state index is 12.6. The van der Waals surface area contributed by atoms with Gasteiger partial charge in [0.1, 0.15) is 0 Å². The second-order valence-electron chi connectivity index (χ2n) is 6.46. The smallest absolute Gasteiger partial charge is 0.243 e. The third-order valence-corrected chi connectivity index (χ3v) is 6.89. The Labute approximate surface area is 144 Å². The molecule has 3 rings (SSSR count). The molecule has 6 nitrogen and oxygen atoms in total. The van der Waals surface area contributed by atoms with Crippen LogP contribution in [-0.4, -0.2) is 73.7 Å². The molecule has 24 heavy (non-hydrogen) atoms. The van der Waals surface area contributed by atoms with Crippen molar-refractivity contribution in [1.29, 1.82) is 0 Å². The van der Waals surface area contributed by atoms with Crippen LogP contribution < -0.4 is 0 Å². The summed E-state index contributed by atoms with van der Waals surface area (Å²) in [6.45, 7) is 5.56. The molecule has 0 radical (unpaired) electrons. The molecule has 2 saturated heterocycles. The normalized spacial score (nSPS) is 21.8. The highest BCUT2D eigenvalue weighted by Crippen LogP contribution is 2.19. The van der Waals surface area contributed by atoms with Gasteiger partial charge in [-0.25, -0.2) is 8.42 Å². The monoisotopic (exact) mass is 351 g/mol. The van der Waals surface area contributed by atoms with E-state index in [1.54, 1.807) is 35.2 Å². The first-order valence-corrected chi connectivity index (χ1v) is 10.0. The van der Waals surface area contributed by atoms with Gasteiger partial charge in [-0.1, -0.05) is 18.2 Å². The summed E-state index contributed by atoms with van der Waals surface area (Å²) < 4.78 is 26.7. The largest absolute Gasteiger partial charge is 0.339 e. The molecule has 0 saturated carbocycles. The minimum absolute atomic E-state index is 0.107. The highest BCUT2D eigenvalue weighted by atomic mass is 32.2. The van der Waals surface area contributed by atoms with Crippen LogP contribution in [0.5, 0.6) is 0 Å². The van der Waals surface area contributed by atoms with E-state index in [-0.39, 0.29) is 11.9 Å². The lowest BCUT2D eigenvalue weighted by atomic mass is 10.2. The summed E-state index contributed by atoms with van der Waals surface area (Å²) in [4.78, 5) is 17.0. The van der Waals surface area contributed by atoms with E-state index >= 15 is 0 Å². The van der Waals surface area contributed by atoms with Crippen LogP contribution in [0.2, 0.25) is 0 Å². The van der Waals surface area contributed by atoms with Gasteiger partial charge in [0.05, 0.1) is 10.9 Å². The van der Waals surface area contributed by atoms with Crippen molar-refractivity contribution >= 4 is 15.9 Å². The van der Waals surface area contributed by atoms with E-state index in [1.165, 1.54) is 4.31 Å². The fraction of sp³-hybridized carbons (Fsp3) is 0.588. The van der Waals surface area contributed by atoms with Crippen LogP contribution >= 0.6 is 0 Å². The molecule has 1 aromatic rings. The van der Waals surface area contributed by atoms with Gasteiger partial charge in [0.2, 0.25) is 15.9 Å². The Balaban J connectivity index is 1.60. The summed E-state index contributed by atoms with van der Waals surface area (Å²) in [5, 5.41) is 0. The van der Waals surface area contributed by atoms with Crippen LogP contribution in [0.25, 0.3) is 0 Å². The van der Waals surface area contributed by atoms with Gasteiger partial charge in [0.15, 0.2) is 0 Å². The molecule has 7 heteroatoms. The van der Waals surface area contributed by atoms with Crippen molar-refractivity contribution in [3.63, 3.8) is 0 Å². The summed E-state index contributed by atoms with van der Waals surface area (Å²) in [6.07, 6.45) is 2.31. The second kappa shape index (κ2) is 7.21. The molecular formula is C17H25N3O3S. The summed E-state index contributed by atoms with van der Waals surface area (Å²) in [5.41, 5.74) is 0. The van der Waals surface area contributed by atoms with Gasteiger partial charge < -0.3 is 4.90 Å². The predicted molar refractivity (Wildman–Crippen MR) is 92.0 cm³/mol. The number of piperazine rings is 1. The third-order valence-electron chi connectivity index (χ3n) is 4.98. The lowest BCUT2D eigenvalue weighted by Gasteiger charge is -2.36. The van der Waals surface area contributed by atoms with E-state index in [2.05, 4.69) is 4.90 Å². The first kappa shape index (κ1) is 17.4. The standard InChI is InChI=1S/C17H25N3O3S/c1-15(18-9-5-6-10-18)17(21)19-11-13-20(14-12-19)24(22,23)16-7-3-2-4-8-16/h2-4,7-8,15H,5-6,9-14H2,1H3/t15-/m0/s1. The minimum Gasteiger partial charge on any atom is -0.339 e. The number of amides is 1. The molecule has 0 aliphatic carbocycles. The number of likely N-dealkylation sites (tertiary alicyclic amines) is 1. The molecule has 1 aromatic carbocycles. The Bertz CT molecular complexity index is 664. The zero-order valence-corrected chi connectivity index (χ0v) is 14.9. The minimum atomic E-state index is -3.46. The first-order chi connectivity index (χ1) is 11.5. The Morgan fingerprint density at radius 3 is 2.12 bits per heavy atom. The van der Waals surface area contributed by atoms with Crippen LogP contribution in [-0.2, 0) is 14.8 Å². The molecular weight excluding hydrogens is 326 g/mol. The molecule has 0 spiro atoms. The van der Waals surface area contributed by atoms with Crippen molar-refractivity contribution in [2.75, 3.05) is 39.3 Å². The van der Waals surface area contributed by atoms with Crippen LogP contribution in [0.4, 0.5) is 0 Å². The fourth-order valence-electron chi connectivity index (χ4n) is 3.44. The van der Waals surface area contributed by atoms with E-state index in [4.69, 9.17) is 0 Å². The number of hydrogen-bond donors (Lipinski definition) is 0. The Kier molecular flexibility index (Phi) is 5.22. The van der Waals surface area contributed by atoms with Crippen LogP contribution in [0.1, 0.15) is 19.8 Å². The summed E-state index contributed by atoms with van der Waals surface area (Å²) in [5.74, 6) is 0.119. The number of carbonyl (C=O) groups excluding carboxylic acids is 1. The van der Waals surface area contributed by atoms with E-state index in [9.17, 15) is 13.2 Å². The number of hydrogen-bond acceptors (Lipinski definition) is 4. The van der Waals surface area contributed by atoms with Crippen molar-refractivity contribution in [1.82, 2.24) is 14.1 Å². The Hall–Kier alpha value is -1.44. The van der Waals surface area contributed by atoms with Crippen LogP contribution in [0, 0.1) is 0 Å². The van der Waals surface area contributed by atoms with Crippen molar-refractivity contribution < 1.29 is 13.2 Å². The van der Waals surface area contributed by atoms with Gasteiger partial charge in [0, 0.05) is 26.2 Å². The van der Waals surface area contributed by atoms with E-state index in [0.29, 0.717) is 31.1 Å². The summed E-state index contributed by atoms with van der Waals surface area (Å²) >= 11 is 0. The highest BCUT2D eigenvalue weighted by molar-refractivity contribution is 7.89. The fourth-order valence-corrected chi connectivity index (χ4v) is 4.88. The number of nitrogens with zero attached hydrogens (tertiary/aromatic N) is 3. The molecule has 2 aliphatic rings. The molecule has 2 aliphatic heterocycles. The average Bonchev–Trinajstić information content (AvgIpc) is 3.16. The zero-order valence-electron chi connectivity index (χ0n) is 14.1. The topological polar surface area (TPSA) is 60.9 Å². The van der Waals surface area contributed by atoms with Crippen molar-refractivity contribution in [3.05, 3.63) is 30.3 Å². The molecule has 2 heterocycles. The molecule has 0 bridgehead atoms. The quantitative estimate of drug-likeness (QED) is 0.812. The van der Waals surface area contributed by atoms with Gasteiger partial charge in [-0.2, -0.15) is 4.31 Å². The first-order valence-electron chi connectivity index (χ1n) is 8.58. The second-order valence-corrected chi connectivity index (χ2v) is 8.40. The Morgan fingerprint density at radius 2 is 1.54 bits per heavy atom. The third kappa shape index (κ3) is 3.48. The lowest BCUT2D eigenvalue weighted by molar-refractivity contribution is -0.137. The van der Waals surface area contributed by atoms with Gasteiger partial charge >= 0.3 is 0 Å². The molecule has 0 aromatic heterocycles. The molecule has 1 atom stereocenters. The maximum Gasteiger partial charge on any atom is 0.243 e. The van der Waals surface area contributed by atoms with Gasteiger partial charge in [-0.15, -0.1) is 0 Å². The lowest BCUT2D eigenvalue weighted by Crippen LogP contribution is -2.54. The molecule has 0 unspecified atom stereocenters. The SMILES string of the molecule is C[C@@H](C(=O)N1CCN(S(=O)(=O)c2ccccc2)CC1)N1CCCC1. The number of rotatable bonds is 4. The zero-order chi connectivity index (χ0) is 17.2. The highest BCUT2D eigenvalue weighted by Gasteiger charge is 2.33. The van der Waals surface area contributed by atoms with Crippen molar-refractivity contribution in [2.24, 2.45) is 0 Å².